The van der Waals surface area contributed by atoms with Crippen LogP contribution in [0.4, 0.5) is 34.1 Å². The Morgan fingerprint density at radius 1 is 0.615 bits per heavy atom. The van der Waals surface area contributed by atoms with E-state index in [-0.39, 0.29) is 46.4 Å². The smallest absolute Gasteiger partial charge is 0.272 e. The molecule has 0 saturated heterocycles. The molecule has 5 aliphatic rings. The molecule has 39 heavy (non-hydrogen) atoms. The molecule has 5 saturated carbocycles. The van der Waals surface area contributed by atoms with E-state index in [1.54, 1.807) is 0 Å². The van der Waals surface area contributed by atoms with Crippen LogP contribution in [0.15, 0.2) is 46.6 Å². The number of non-ortho nitro benzene ring substituents is 2. The first-order valence-corrected chi connectivity index (χ1v) is 12.2. The van der Waals surface area contributed by atoms with Crippen molar-refractivity contribution in [2.24, 2.45) is 57.5 Å². The third-order valence-electron chi connectivity index (χ3n) is 9.26. The number of hydrogen-bond donors (Lipinski definition) is 2. The van der Waals surface area contributed by atoms with Gasteiger partial charge in [-0.3, -0.25) is 51.3 Å². The van der Waals surface area contributed by atoms with Gasteiger partial charge in [0, 0.05) is 47.2 Å². The van der Waals surface area contributed by atoms with Crippen LogP contribution in [-0.2, 0) is 0 Å². The summed E-state index contributed by atoms with van der Waals surface area (Å²) in [6.07, 6.45) is 1.03. The van der Waals surface area contributed by atoms with Gasteiger partial charge in [-0.15, -0.1) is 0 Å². The van der Waals surface area contributed by atoms with Gasteiger partial charge in [0.05, 0.1) is 31.8 Å². The predicted molar refractivity (Wildman–Crippen MR) is 134 cm³/mol. The monoisotopic (exact) mass is 534 g/mol. The van der Waals surface area contributed by atoms with Gasteiger partial charge in [0.25, 0.3) is 11.4 Å². The van der Waals surface area contributed by atoms with Crippen LogP contribution in [0, 0.1) is 87.8 Å². The van der Waals surface area contributed by atoms with E-state index in [1.165, 1.54) is 24.3 Å². The zero-order chi connectivity index (χ0) is 27.3. The summed E-state index contributed by atoms with van der Waals surface area (Å²) in [6.45, 7) is 0. The van der Waals surface area contributed by atoms with Crippen molar-refractivity contribution in [2.45, 2.75) is 6.42 Å². The third kappa shape index (κ3) is 2.98. The number of benzene rings is 2. The molecule has 2 aromatic carbocycles. The first-order valence-electron chi connectivity index (χ1n) is 12.2. The number of hydrazone groups is 2. The maximum Gasteiger partial charge on any atom is 0.301 e. The van der Waals surface area contributed by atoms with Crippen molar-refractivity contribution in [3.63, 3.8) is 0 Å². The normalized spacial score (nSPS) is 33.9. The molecule has 2 bridgehead atoms. The fourth-order valence-corrected chi connectivity index (χ4v) is 8.17. The van der Waals surface area contributed by atoms with Crippen molar-refractivity contribution in [1.82, 2.24) is 0 Å². The summed E-state index contributed by atoms with van der Waals surface area (Å²) < 4.78 is 0. The average Bonchev–Trinajstić information content (AvgIpc) is 3.44. The van der Waals surface area contributed by atoms with Gasteiger partial charge in [0.15, 0.2) is 0 Å². The molecule has 0 unspecified atom stereocenters. The number of nitro groups is 4. The van der Waals surface area contributed by atoms with E-state index >= 15 is 0 Å². The van der Waals surface area contributed by atoms with Gasteiger partial charge in [0.2, 0.25) is 0 Å². The van der Waals surface area contributed by atoms with Crippen molar-refractivity contribution in [1.29, 1.82) is 0 Å². The zero-order valence-corrected chi connectivity index (χ0v) is 19.7. The molecule has 2 aromatic rings. The van der Waals surface area contributed by atoms with E-state index in [0.29, 0.717) is 23.7 Å². The van der Waals surface area contributed by atoms with Crippen LogP contribution in [0.25, 0.3) is 0 Å². The second-order valence-electron chi connectivity index (χ2n) is 10.5. The Bertz CT molecular complexity index is 1470. The first-order chi connectivity index (χ1) is 18.7. The quantitative estimate of drug-likeness (QED) is 0.366. The maximum atomic E-state index is 11.5. The largest absolute Gasteiger partial charge is 0.301 e. The molecule has 16 nitrogen and oxygen atoms in total. The van der Waals surface area contributed by atoms with Crippen LogP contribution in [0.3, 0.4) is 0 Å². The highest BCUT2D eigenvalue weighted by molar-refractivity contribution is 6.11. The lowest BCUT2D eigenvalue weighted by atomic mass is 9.59. The molecule has 2 N–H and O–H groups in total. The maximum absolute atomic E-state index is 11.5. The van der Waals surface area contributed by atoms with Gasteiger partial charge >= 0.3 is 11.4 Å². The van der Waals surface area contributed by atoms with Crippen molar-refractivity contribution in [3.8, 4) is 0 Å². The standard InChI is InChI=1S/C23H18N8O8/c32-28(33)8-1-3-12(14(5-8)30(36)37)24-26-22-18-10-7-11-17-16(10)20(22)21(17)23(19(11)18)27-25-13-4-2-9(29(34)35)6-15(13)31(38)39/h1-6,10-11,16-21,24-25H,7H2/b26-22-,27-23-/t10-,11+,16-,17-,18+,19-,20-,21-/m0/s1. The van der Waals surface area contributed by atoms with E-state index in [9.17, 15) is 40.5 Å². The van der Waals surface area contributed by atoms with Crippen molar-refractivity contribution >= 4 is 45.5 Å². The highest BCUT2D eigenvalue weighted by Gasteiger charge is 2.82. The van der Waals surface area contributed by atoms with Crippen LogP contribution in [-0.4, -0.2) is 31.1 Å². The third-order valence-corrected chi connectivity index (χ3v) is 9.26. The van der Waals surface area contributed by atoms with Crippen LogP contribution in [0.1, 0.15) is 6.42 Å². The van der Waals surface area contributed by atoms with Crippen molar-refractivity contribution in [3.05, 3.63) is 76.9 Å². The highest BCUT2D eigenvalue weighted by Crippen LogP contribution is 2.81. The van der Waals surface area contributed by atoms with E-state index < -0.39 is 31.1 Å². The molecule has 0 aliphatic heterocycles. The topological polar surface area (TPSA) is 221 Å². The van der Waals surface area contributed by atoms with E-state index in [1.807, 2.05) is 0 Å². The number of hydrogen-bond acceptors (Lipinski definition) is 12. The van der Waals surface area contributed by atoms with Gasteiger partial charge in [-0.1, -0.05) is 0 Å². The summed E-state index contributed by atoms with van der Waals surface area (Å²) in [7, 11) is 0. The summed E-state index contributed by atoms with van der Waals surface area (Å²) in [6, 6.07) is 6.72. The summed E-state index contributed by atoms with van der Waals surface area (Å²) >= 11 is 0. The SMILES string of the molecule is O=[N+]([O-])c1ccc(N/N=C2/[C@@H]3[C@H]4C[C@H]5[C@@H]3/C(=N/Nc3ccc([N+](=O)[O-])cc3[N+](=O)[O-])[C@@H]3[C@@H]2[C@@H]4[C@H]53)c([N+](=O)[O-])c1. The first kappa shape index (κ1) is 23.1. The molecule has 198 valence electrons. The Morgan fingerprint density at radius 2 is 1.03 bits per heavy atom. The van der Waals surface area contributed by atoms with Gasteiger partial charge in [-0.2, -0.15) is 10.2 Å². The molecule has 0 radical (unpaired) electrons. The minimum Gasteiger partial charge on any atom is -0.272 e. The van der Waals surface area contributed by atoms with Crippen LogP contribution < -0.4 is 10.9 Å². The molecule has 0 amide bonds. The fraction of sp³-hybridized carbons (Fsp3) is 0.391. The molecule has 7 rings (SSSR count). The Labute approximate surface area is 217 Å². The fourth-order valence-electron chi connectivity index (χ4n) is 8.17. The minimum atomic E-state index is -0.696. The molecule has 5 aliphatic carbocycles. The summed E-state index contributed by atoms with van der Waals surface area (Å²) in [5, 5.41) is 54.3. The molecule has 0 heterocycles. The van der Waals surface area contributed by atoms with E-state index in [4.69, 9.17) is 0 Å². The Hall–Kier alpha value is -5.02. The molecular weight excluding hydrogens is 516 g/mol. The van der Waals surface area contributed by atoms with E-state index in [0.717, 1.165) is 30.0 Å². The lowest BCUT2D eigenvalue weighted by molar-refractivity contribution is -0.393. The van der Waals surface area contributed by atoms with Gasteiger partial charge in [-0.05, 0) is 42.2 Å². The van der Waals surface area contributed by atoms with Crippen molar-refractivity contribution in [2.75, 3.05) is 10.9 Å². The van der Waals surface area contributed by atoms with E-state index in [2.05, 4.69) is 21.1 Å². The Balaban J connectivity index is 1.18. The molecule has 0 aromatic heterocycles. The van der Waals surface area contributed by atoms with Gasteiger partial charge in [0.1, 0.15) is 11.4 Å². The number of fused-ring (bicyclic) bond motifs is 2. The van der Waals surface area contributed by atoms with Crippen LogP contribution in [0.5, 0.6) is 0 Å². The summed E-state index contributed by atoms with van der Waals surface area (Å²) in [4.78, 5) is 42.3. The lowest BCUT2D eigenvalue weighted by Gasteiger charge is -2.44. The number of nitrogens with zero attached hydrogens (tertiary/aromatic N) is 6. The van der Waals surface area contributed by atoms with Crippen LogP contribution in [0.2, 0.25) is 0 Å². The predicted octanol–water partition coefficient (Wildman–Crippen LogP) is 3.94. The second-order valence-corrected chi connectivity index (χ2v) is 10.5. The highest BCUT2D eigenvalue weighted by atomic mass is 16.6. The number of nitrogens with one attached hydrogen (secondary N) is 2. The summed E-state index contributed by atoms with van der Waals surface area (Å²) in [5.74, 6) is 2.16. The number of rotatable bonds is 8. The van der Waals surface area contributed by atoms with Gasteiger partial charge < -0.3 is 0 Å². The Morgan fingerprint density at radius 3 is 1.38 bits per heavy atom. The molecular formula is C23H18N8O8. The zero-order valence-electron chi connectivity index (χ0n) is 19.7. The number of anilines is 2. The molecule has 5 fully saturated rings. The second kappa shape index (κ2) is 7.75. The van der Waals surface area contributed by atoms with Crippen LogP contribution >= 0.6 is 0 Å². The van der Waals surface area contributed by atoms with Crippen molar-refractivity contribution < 1.29 is 19.7 Å². The molecule has 16 heteroatoms. The summed E-state index contributed by atoms with van der Waals surface area (Å²) in [5.41, 5.74) is 5.94. The lowest BCUT2D eigenvalue weighted by Crippen LogP contribution is -2.48. The molecule has 0 spiro atoms. The Kier molecular flexibility index (Phi) is 4.59. The van der Waals surface area contributed by atoms with Gasteiger partial charge in [-0.25, -0.2) is 0 Å². The number of nitro benzene ring substituents is 4. The average molecular weight is 534 g/mol. The minimum absolute atomic E-state index is 0.0671. The molecule has 8 atom stereocenters.